The largest absolute Gasteiger partial charge is 0.422 e. The number of nitro benzene ring substituents is 1. The number of nitro groups is 1. The number of aliphatic imine (C=N–C) groups is 1. The van der Waals surface area contributed by atoms with Crippen molar-refractivity contribution < 1.29 is 9.34 Å². The molecule has 4 rings (SSSR count). The minimum absolute atomic E-state index is 0.0210. The highest BCUT2D eigenvalue weighted by Gasteiger charge is 2.11. The fourth-order valence-corrected chi connectivity index (χ4v) is 3.28. The summed E-state index contributed by atoms with van der Waals surface area (Å²) in [5, 5.41) is 11.9. The Balaban J connectivity index is 1.61. The summed E-state index contributed by atoms with van der Waals surface area (Å²) in [5.41, 5.74) is 2.59. The first-order chi connectivity index (χ1) is 14.0. The van der Waals surface area contributed by atoms with Crippen molar-refractivity contribution >= 4 is 44.5 Å². The number of para-hydroxylation sites is 1. The van der Waals surface area contributed by atoms with E-state index in [4.69, 9.17) is 4.42 Å². The maximum absolute atomic E-state index is 12.3. The molecule has 0 unspecified atom stereocenters. The summed E-state index contributed by atoms with van der Waals surface area (Å²) in [6.07, 6.45) is 1.55. The average Bonchev–Trinajstić information content (AvgIpc) is 2.73. The molecule has 6 nitrogen and oxygen atoms in total. The summed E-state index contributed by atoms with van der Waals surface area (Å²) in [6.45, 7) is 0. The maximum atomic E-state index is 12.3. The van der Waals surface area contributed by atoms with E-state index in [2.05, 4.69) is 20.9 Å². The van der Waals surface area contributed by atoms with E-state index in [1.54, 1.807) is 54.7 Å². The highest BCUT2D eigenvalue weighted by Crippen LogP contribution is 2.26. The number of rotatable bonds is 4. The minimum Gasteiger partial charge on any atom is -0.422 e. The third kappa shape index (κ3) is 4.00. The highest BCUT2D eigenvalue weighted by atomic mass is 79.9. The smallest absolute Gasteiger partial charge is 0.344 e. The number of hydrogen-bond acceptors (Lipinski definition) is 5. The summed E-state index contributed by atoms with van der Waals surface area (Å²) < 4.78 is 5.79. The van der Waals surface area contributed by atoms with Crippen LogP contribution >= 0.6 is 15.9 Å². The predicted octanol–water partition coefficient (Wildman–Crippen LogP) is 5.88. The Kier molecular flexibility index (Phi) is 5.05. The van der Waals surface area contributed by atoms with Gasteiger partial charge in [0.2, 0.25) is 0 Å². The van der Waals surface area contributed by atoms with Gasteiger partial charge in [0, 0.05) is 17.7 Å². The molecule has 1 aromatic heterocycles. The topological polar surface area (TPSA) is 85.7 Å². The van der Waals surface area contributed by atoms with E-state index in [0.29, 0.717) is 26.9 Å². The second-order valence-corrected chi connectivity index (χ2v) is 7.11. The third-order valence-electron chi connectivity index (χ3n) is 4.35. The van der Waals surface area contributed by atoms with Gasteiger partial charge in [-0.25, -0.2) is 4.79 Å². The van der Waals surface area contributed by atoms with Crippen LogP contribution in [-0.2, 0) is 0 Å². The lowest BCUT2D eigenvalue weighted by Gasteiger charge is -2.03. The van der Waals surface area contributed by atoms with E-state index in [0.717, 1.165) is 10.9 Å². The fourth-order valence-electron chi connectivity index (χ4n) is 2.89. The standard InChI is InChI=1S/C22H13BrN2O4/c23-19-10-5-14(11-20(19)25(27)28)13-24-17-8-6-15(7-9-17)18-12-16-3-1-2-4-21(16)29-22(18)26/h1-13H. The summed E-state index contributed by atoms with van der Waals surface area (Å²) in [4.78, 5) is 27.2. The normalized spacial score (nSPS) is 11.2. The Hall–Kier alpha value is -3.58. The van der Waals surface area contributed by atoms with Gasteiger partial charge < -0.3 is 4.42 Å². The highest BCUT2D eigenvalue weighted by molar-refractivity contribution is 9.10. The molecular weight excluding hydrogens is 436 g/mol. The number of nitrogens with zero attached hydrogens (tertiary/aromatic N) is 2. The van der Waals surface area contributed by atoms with Crippen LogP contribution in [0.1, 0.15) is 5.56 Å². The molecule has 1 heterocycles. The number of benzene rings is 3. The van der Waals surface area contributed by atoms with Crippen LogP contribution in [0.4, 0.5) is 11.4 Å². The molecule has 0 saturated carbocycles. The van der Waals surface area contributed by atoms with Gasteiger partial charge in [0.25, 0.3) is 5.69 Å². The van der Waals surface area contributed by atoms with E-state index in [9.17, 15) is 14.9 Å². The third-order valence-corrected chi connectivity index (χ3v) is 5.02. The van der Waals surface area contributed by atoms with Crippen LogP contribution in [0, 0.1) is 10.1 Å². The zero-order valence-electron chi connectivity index (χ0n) is 14.9. The molecule has 0 atom stereocenters. The lowest BCUT2D eigenvalue weighted by atomic mass is 10.1. The quantitative estimate of drug-likeness (QED) is 0.169. The van der Waals surface area contributed by atoms with Crippen molar-refractivity contribution in [2.45, 2.75) is 0 Å². The van der Waals surface area contributed by atoms with Crippen molar-refractivity contribution in [3.8, 4) is 11.1 Å². The van der Waals surface area contributed by atoms with Crippen molar-refractivity contribution in [3.05, 3.63) is 103 Å². The summed E-state index contributed by atoms with van der Waals surface area (Å²) in [7, 11) is 0. The molecule has 0 aliphatic rings. The summed E-state index contributed by atoms with van der Waals surface area (Å²) in [6, 6.07) is 21.1. The molecule has 0 amide bonds. The maximum Gasteiger partial charge on any atom is 0.344 e. The van der Waals surface area contributed by atoms with Crippen LogP contribution in [0.15, 0.2) is 91.5 Å². The Morgan fingerprint density at radius 3 is 2.52 bits per heavy atom. The Morgan fingerprint density at radius 1 is 1.00 bits per heavy atom. The van der Waals surface area contributed by atoms with Crippen molar-refractivity contribution in [1.29, 1.82) is 0 Å². The van der Waals surface area contributed by atoms with Crippen molar-refractivity contribution in [2.75, 3.05) is 0 Å². The molecule has 0 saturated heterocycles. The monoisotopic (exact) mass is 448 g/mol. The van der Waals surface area contributed by atoms with Gasteiger partial charge in [-0.15, -0.1) is 0 Å². The lowest BCUT2D eigenvalue weighted by Crippen LogP contribution is -2.02. The number of fused-ring (bicyclic) bond motifs is 1. The van der Waals surface area contributed by atoms with Gasteiger partial charge in [0.15, 0.2) is 0 Å². The summed E-state index contributed by atoms with van der Waals surface area (Å²) >= 11 is 3.16. The Morgan fingerprint density at radius 2 is 1.76 bits per heavy atom. The molecule has 0 aliphatic heterocycles. The van der Waals surface area contributed by atoms with Gasteiger partial charge in [-0.05, 0) is 57.4 Å². The van der Waals surface area contributed by atoms with Gasteiger partial charge >= 0.3 is 5.63 Å². The lowest BCUT2D eigenvalue weighted by molar-refractivity contribution is -0.385. The molecule has 0 fully saturated rings. The van der Waals surface area contributed by atoms with Crippen LogP contribution in [0.3, 0.4) is 0 Å². The number of hydrogen-bond donors (Lipinski definition) is 0. The van der Waals surface area contributed by atoms with Crippen LogP contribution in [-0.4, -0.2) is 11.1 Å². The zero-order chi connectivity index (χ0) is 20.4. The SMILES string of the molecule is O=c1oc2ccccc2cc1-c1ccc(N=Cc2ccc(Br)c([N+](=O)[O-])c2)cc1. The van der Waals surface area contributed by atoms with Gasteiger partial charge in [0.05, 0.1) is 20.6 Å². The van der Waals surface area contributed by atoms with Gasteiger partial charge in [-0.2, -0.15) is 0 Å². The first-order valence-corrected chi connectivity index (χ1v) is 9.42. The second kappa shape index (κ2) is 7.81. The minimum atomic E-state index is -0.453. The van der Waals surface area contributed by atoms with Crippen LogP contribution in [0.25, 0.3) is 22.1 Å². The number of halogens is 1. The molecule has 0 aliphatic carbocycles. The van der Waals surface area contributed by atoms with Gasteiger partial charge in [0.1, 0.15) is 5.58 Å². The first kappa shape index (κ1) is 18.8. The fraction of sp³-hybridized carbons (Fsp3) is 0. The van der Waals surface area contributed by atoms with E-state index < -0.39 is 10.5 Å². The second-order valence-electron chi connectivity index (χ2n) is 6.26. The van der Waals surface area contributed by atoms with E-state index in [1.165, 1.54) is 6.07 Å². The van der Waals surface area contributed by atoms with Gasteiger partial charge in [-0.3, -0.25) is 15.1 Å². The average molecular weight is 449 g/mol. The van der Waals surface area contributed by atoms with Crippen LogP contribution in [0.5, 0.6) is 0 Å². The molecule has 142 valence electrons. The van der Waals surface area contributed by atoms with Crippen LogP contribution < -0.4 is 5.63 Å². The molecule has 0 bridgehead atoms. The Bertz CT molecular complexity index is 1310. The van der Waals surface area contributed by atoms with Crippen molar-refractivity contribution in [1.82, 2.24) is 0 Å². The van der Waals surface area contributed by atoms with Crippen molar-refractivity contribution in [3.63, 3.8) is 0 Å². The van der Waals surface area contributed by atoms with Crippen LogP contribution in [0.2, 0.25) is 0 Å². The molecule has 0 spiro atoms. The van der Waals surface area contributed by atoms with Crippen molar-refractivity contribution in [2.24, 2.45) is 4.99 Å². The molecule has 7 heteroatoms. The predicted molar refractivity (Wildman–Crippen MR) is 116 cm³/mol. The molecular formula is C22H13BrN2O4. The first-order valence-electron chi connectivity index (χ1n) is 8.62. The molecule has 4 aromatic rings. The summed E-state index contributed by atoms with van der Waals surface area (Å²) in [5.74, 6) is 0. The molecule has 29 heavy (non-hydrogen) atoms. The molecule has 0 N–H and O–H groups in total. The molecule has 0 radical (unpaired) electrons. The molecule has 3 aromatic carbocycles. The van der Waals surface area contributed by atoms with Gasteiger partial charge in [-0.1, -0.05) is 36.4 Å². The van der Waals surface area contributed by atoms with E-state index in [-0.39, 0.29) is 5.69 Å². The Labute approximate surface area is 173 Å². The van der Waals surface area contributed by atoms with E-state index >= 15 is 0 Å². The van der Waals surface area contributed by atoms with E-state index in [1.807, 2.05) is 18.2 Å². The zero-order valence-corrected chi connectivity index (χ0v) is 16.5.